The fraction of sp³-hybridized carbons (Fsp3) is 0.160. The Morgan fingerprint density at radius 2 is 1.62 bits per heavy atom. The second-order valence-electron chi connectivity index (χ2n) is 7.37. The third kappa shape index (κ3) is 4.55. The standard InChI is InChI=1S/C25H21N3O4/c26-17-20(24(29)28-14-12-27(13-15-28)21-4-2-1-3-5-21)16-22-10-11-23(32-22)18-6-8-19(9-7-18)25(30)31/h1-11,16H,12-15H2,(H,30,31). The highest BCUT2D eigenvalue weighted by Crippen LogP contribution is 2.24. The van der Waals surface area contributed by atoms with Gasteiger partial charge in [-0.1, -0.05) is 30.3 Å². The molecule has 1 N–H and O–H groups in total. The lowest BCUT2D eigenvalue weighted by Crippen LogP contribution is -2.49. The number of carboxylic acid groups (broad SMARTS) is 1. The number of benzene rings is 2. The van der Waals surface area contributed by atoms with Crippen molar-refractivity contribution < 1.29 is 19.1 Å². The van der Waals surface area contributed by atoms with Gasteiger partial charge < -0.3 is 19.3 Å². The average Bonchev–Trinajstić information content (AvgIpc) is 3.31. The number of para-hydroxylation sites is 1. The molecule has 1 aliphatic rings. The number of carbonyl (C=O) groups is 2. The quantitative estimate of drug-likeness (QED) is 0.490. The Hall–Kier alpha value is -4.31. The number of piperazine rings is 1. The first-order valence-electron chi connectivity index (χ1n) is 10.2. The molecule has 3 aromatic rings. The maximum atomic E-state index is 12.9. The molecule has 32 heavy (non-hydrogen) atoms. The van der Waals surface area contributed by atoms with E-state index in [4.69, 9.17) is 9.52 Å². The van der Waals surface area contributed by atoms with E-state index in [9.17, 15) is 14.9 Å². The van der Waals surface area contributed by atoms with E-state index in [1.54, 1.807) is 29.2 Å². The number of nitrogens with zero attached hydrogens (tertiary/aromatic N) is 3. The highest BCUT2D eigenvalue weighted by Gasteiger charge is 2.24. The van der Waals surface area contributed by atoms with Crippen LogP contribution in [-0.2, 0) is 4.79 Å². The van der Waals surface area contributed by atoms with Crippen molar-refractivity contribution in [2.45, 2.75) is 0 Å². The predicted octanol–water partition coefficient (Wildman–Crippen LogP) is 3.90. The summed E-state index contributed by atoms with van der Waals surface area (Å²) in [6.07, 6.45) is 1.45. The van der Waals surface area contributed by atoms with E-state index in [0.29, 0.717) is 43.3 Å². The van der Waals surface area contributed by atoms with Crippen molar-refractivity contribution >= 4 is 23.6 Å². The second-order valence-corrected chi connectivity index (χ2v) is 7.37. The van der Waals surface area contributed by atoms with Crippen molar-refractivity contribution in [1.82, 2.24) is 4.90 Å². The summed E-state index contributed by atoms with van der Waals surface area (Å²) in [6, 6.07) is 21.7. The Morgan fingerprint density at radius 3 is 2.25 bits per heavy atom. The topological polar surface area (TPSA) is 97.8 Å². The molecule has 0 spiro atoms. The summed E-state index contributed by atoms with van der Waals surface area (Å²) in [5, 5.41) is 18.6. The molecule has 0 radical (unpaired) electrons. The van der Waals surface area contributed by atoms with Crippen molar-refractivity contribution in [3.8, 4) is 17.4 Å². The summed E-state index contributed by atoms with van der Waals surface area (Å²) in [4.78, 5) is 27.8. The van der Waals surface area contributed by atoms with E-state index >= 15 is 0 Å². The minimum absolute atomic E-state index is 0.0142. The van der Waals surface area contributed by atoms with Gasteiger partial charge >= 0.3 is 5.97 Å². The minimum Gasteiger partial charge on any atom is -0.478 e. The Balaban J connectivity index is 1.44. The van der Waals surface area contributed by atoms with Crippen LogP contribution in [0.1, 0.15) is 16.1 Å². The SMILES string of the molecule is N#CC(=Cc1ccc(-c2ccc(C(=O)O)cc2)o1)C(=O)N1CCN(c2ccccc2)CC1. The first-order valence-corrected chi connectivity index (χ1v) is 10.2. The summed E-state index contributed by atoms with van der Waals surface area (Å²) in [5.41, 5.74) is 2.03. The zero-order chi connectivity index (χ0) is 22.5. The molecule has 4 rings (SSSR count). The Morgan fingerprint density at radius 1 is 0.938 bits per heavy atom. The van der Waals surface area contributed by atoms with Gasteiger partial charge in [0.1, 0.15) is 23.2 Å². The molecule has 7 nitrogen and oxygen atoms in total. The molecule has 0 bridgehead atoms. The van der Waals surface area contributed by atoms with Gasteiger partial charge in [0, 0.05) is 43.5 Å². The van der Waals surface area contributed by atoms with E-state index in [0.717, 1.165) is 5.69 Å². The molecule has 160 valence electrons. The lowest BCUT2D eigenvalue weighted by Gasteiger charge is -2.36. The van der Waals surface area contributed by atoms with Crippen LogP contribution >= 0.6 is 0 Å². The molecule has 1 aliphatic heterocycles. The third-order valence-corrected chi connectivity index (χ3v) is 5.37. The summed E-state index contributed by atoms with van der Waals surface area (Å²) in [5.74, 6) is -0.407. The second kappa shape index (κ2) is 9.23. The maximum Gasteiger partial charge on any atom is 0.335 e. The number of hydrogen-bond acceptors (Lipinski definition) is 5. The number of hydrogen-bond donors (Lipinski definition) is 1. The van der Waals surface area contributed by atoms with Crippen molar-refractivity contribution in [3.63, 3.8) is 0 Å². The molecule has 1 amide bonds. The molecule has 0 saturated carbocycles. The van der Waals surface area contributed by atoms with Crippen LogP contribution in [0, 0.1) is 11.3 Å². The van der Waals surface area contributed by atoms with E-state index < -0.39 is 5.97 Å². The lowest BCUT2D eigenvalue weighted by atomic mass is 10.1. The smallest absolute Gasteiger partial charge is 0.335 e. The predicted molar refractivity (Wildman–Crippen MR) is 120 cm³/mol. The molecule has 2 heterocycles. The van der Waals surface area contributed by atoms with Crippen molar-refractivity contribution in [1.29, 1.82) is 5.26 Å². The summed E-state index contributed by atoms with van der Waals surface area (Å²) >= 11 is 0. The molecule has 1 saturated heterocycles. The number of aromatic carboxylic acids is 1. The van der Waals surface area contributed by atoms with E-state index in [1.165, 1.54) is 18.2 Å². The van der Waals surface area contributed by atoms with Crippen molar-refractivity contribution in [2.75, 3.05) is 31.1 Å². The molecule has 1 fully saturated rings. The molecule has 7 heteroatoms. The first kappa shape index (κ1) is 20.9. The van der Waals surface area contributed by atoms with Gasteiger partial charge in [-0.2, -0.15) is 5.26 Å². The van der Waals surface area contributed by atoms with Crippen LogP contribution in [0.2, 0.25) is 0 Å². The minimum atomic E-state index is -0.999. The highest BCUT2D eigenvalue weighted by atomic mass is 16.4. The monoisotopic (exact) mass is 427 g/mol. The van der Waals surface area contributed by atoms with Gasteiger partial charge in [-0.05, 0) is 36.4 Å². The largest absolute Gasteiger partial charge is 0.478 e. The van der Waals surface area contributed by atoms with E-state index in [-0.39, 0.29) is 17.0 Å². The number of carboxylic acids is 1. The zero-order valence-corrected chi connectivity index (χ0v) is 17.3. The average molecular weight is 427 g/mol. The fourth-order valence-electron chi connectivity index (χ4n) is 3.62. The third-order valence-electron chi connectivity index (χ3n) is 5.37. The van der Waals surface area contributed by atoms with Gasteiger partial charge in [0.2, 0.25) is 0 Å². The number of rotatable bonds is 5. The Kier molecular flexibility index (Phi) is 6.04. The molecule has 0 aliphatic carbocycles. The van der Waals surface area contributed by atoms with E-state index in [2.05, 4.69) is 4.90 Å². The van der Waals surface area contributed by atoms with Crippen molar-refractivity contribution in [3.05, 3.63) is 83.6 Å². The van der Waals surface area contributed by atoms with Crippen LogP contribution in [0.5, 0.6) is 0 Å². The van der Waals surface area contributed by atoms with Gasteiger partial charge in [0.25, 0.3) is 5.91 Å². The summed E-state index contributed by atoms with van der Waals surface area (Å²) < 4.78 is 5.76. The molecule has 0 atom stereocenters. The fourth-order valence-corrected chi connectivity index (χ4v) is 3.62. The molecule has 2 aromatic carbocycles. The van der Waals surface area contributed by atoms with Gasteiger partial charge in [-0.25, -0.2) is 4.79 Å². The van der Waals surface area contributed by atoms with Gasteiger partial charge in [-0.3, -0.25) is 4.79 Å². The number of nitriles is 1. The Bertz CT molecular complexity index is 1180. The van der Waals surface area contributed by atoms with Crippen LogP contribution in [0.3, 0.4) is 0 Å². The van der Waals surface area contributed by atoms with Gasteiger partial charge in [0.05, 0.1) is 5.56 Å². The maximum absolute atomic E-state index is 12.9. The first-order chi connectivity index (χ1) is 15.5. The van der Waals surface area contributed by atoms with Gasteiger partial charge in [-0.15, -0.1) is 0 Å². The zero-order valence-electron chi connectivity index (χ0n) is 17.3. The molecular weight excluding hydrogens is 406 g/mol. The number of anilines is 1. The Labute approximate surface area is 185 Å². The molecule has 0 unspecified atom stereocenters. The summed E-state index contributed by atoms with van der Waals surface area (Å²) in [6.45, 7) is 2.47. The molecular formula is C25H21N3O4. The van der Waals surface area contributed by atoms with Crippen LogP contribution in [0.25, 0.3) is 17.4 Å². The number of carbonyl (C=O) groups excluding carboxylic acids is 1. The normalized spacial score (nSPS) is 14.2. The lowest BCUT2D eigenvalue weighted by molar-refractivity contribution is -0.126. The number of amides is 1. The molecule has 1 aromatic heterocycles. The van der Waals surface area contributed by atoms with Crippen molar-refractivity contribution in [2.24, 2.45) is 0 Å². The van der Waals surface area contributed by atoms with Crippen LogP contribution in [0.4, 0.5) is 5.69 Å². The van der Waals surface area contributed by atoms with Gasteiger partial charge in [0.15, 0.2) is 0 Å². The highest BCUT2D eigenvalue weighted by molar-refractivity contribution is 6.01. The van der Waals surface area contributed by atoms with Crippen LogP contribution in [0.15, 0.2) is 76.7 Å². The van der Waals surface area contributed by atoms with Crippen LogP contribution < -0.4 is 4.90 Å². The van der Waals surface area contributed by atoms with Crippen LogP contribution in [-0.4, -0.2) is 48.1 Å². The summed E-state index contributed by atoms with van der Waals surface area (Å²) in [7, 11) is 0. The number of furan rings is 1. The van der Waals surface area contributed by atoms with E-state index in [1.807, 2.05) is 36.4 Å².